The zero-order chi connectivity index (χ0) is 23.2. The second-order valence-corrected chi connectivity index (χ2v) is 9.27. The van der Waals surface area contributed by atoms with Gasteiger partial charge >= 0.3 is 5.69 Å². The molecule has 1 aliphatic carbocycles. The van der Waals surface area contributed by atoms with Crippen LogP contribution in [0.1, 0.15) is 25.1 Å². The van der Waals surface area contributed by atoms with Gasteiger partial charge in [0.1, 0.15) is 11.6 Å². The number of rotatable bonds is 5. The number of fused-ring (bicyclic) bond motifs is 1. The van der Waals surface area contributed by atoms with Gasteiger partial charge in [-0.2, -0.15) is 5.10 Å². The third kappa shape index (κ3) is 3.79. The van der Waals surface area contributed by atoms with Crippen LogP contribution in [0.3, 0.4) is 0 Å². The van der Waals surface area contributed by atoms with Crippen LogP contribution in [0.4, 0.5) is 4.39 Å². The van der Waals surface area contributed by atoms with Crippen molar-refractivity contribution in [2.75, 3.05) is 13.1 Å². The molecule has 1 unspecified atom stereocenters. The summed E-state index contributed by atoms with van der Waals surface area (Å²) in [5.41, 5.74) is 2.09. The average molecular weight is 458 g/mol. The average Bonchev–Trinajstić information content (AvgIpc) is 3.50. The third-order valence-corrected chi connectivity index (χ3v) is 6.86. The fourth-order valence-corrected chi connectivity index (χ4v) is 4.87. The fraction of sp³-hybridized carbons (Fsp3) is 0.308. The number of hydrogen-bond donors (Lipinski definition) is 1. The van der Waals surface area contributed by atoms with Gasteiger partial charge in [-0.15, -0.1) is 0 Å². The summed E-state index contributed by atoms with van der Waals surface area (Å²) >= 11 is 0. The molecule has 1 saturated carbocycles. The maximum absolute atomic E-state index is 15.3. The largest absolute Gasteiger partial charge is 0.348 e. The van der Waals surface area contributed by atoms with Crippen molar-refractivity contribution in [3.8, 4) is 16.8 Å². The van der Waals surface area contributed by atoms with E-state index in [0.717, 1.165) is 42.3 Å². The predicted octanol–water partition coefficient (Wildman–Crippen LogP) is 3.72. The molecule has 34 heavy (non-hydrogen) atoms. The van der Waals surface area contributed by atoms with Crippen LogP contribution in [-0.2, 0) is 11.2 Å². The Morgan fingerprint density at radius 2 is 1.91 bits per heavy atom. The lowest BCUT2D eigenvalue weighted by atomic mass is 10.0. The summed E-state index contributed by atoms with van der Waals surface area (Å²) < 4.78 is 16.6. The number of hydrogen-bond acceptors (Lipinski definition) is 4. The van der Waals surface area contributed by atoms with E-state index in [-0.39, 0.29) is 23.4 Å². The summed E-state index contributed by atoms with van der Waals surface area (Å²) in [6, 6.07) is 14.5. The molecule has 6 rings (SSSR count). The summed E-state index contributed by atoms with van der Waals surface area (Å²) in [7, 11) is 0. The molecule has 2 aromatic heterocycles. The van der Waals surface area contributed by atoms with E-state index < -0.39 is 11.5 Å². The first-order valence-corrected chi connectivity index (χ1v) is 11.7. The van der Waals surface area contributed by atoms with Gasteiger partial charge in [-0.05, 0) is 60.6 Å². The van der Waals surface area contributed by atoms with Gasteiger partial charge in [-0.3, -0.25) is 9.78 Å². The first-order valence-electron chi connectivity index (χ1n) is 11.7. The molecule has 4 aromatic rings. The van der Waals surface area contributed by atoms with Crippen LogP contribution >= 0.6 is 0 Å². The number of aromatic nitrogens is 4. The molecular formula is C26H24FN5O2. The molecule has 2 aromatic carbocycles. The highest BCUT2D eigenvalue weighted by molar-refractivity contribution is 5.84. The second kappa shape index (κ2) is 8.20. The molecule has 0 radical (unpaired) electrons. The minimum absolute atomic E-state index is 0.167. The van der Waals surface area contributed by atoms with E-state index in [2.05, 4.69) is 15.2 Å². The number of aromatic amines is 1. The smallest absolute Gasteiger partial charge is 0.342 e. The van der Waals surface area contributed by atoms with Gasteiger partial charge in [0.2, 0.25) is 5.91 Å². The number of amides is 1. The van der Waals surface area contributed by atoms with Crippen molar-refractivity contribution in [2.24, 2.45) is 11.8 Å². The number of H-pyrrole nitrogens is 1. The molecule has 2 fully saturated rings. The number of carbonyl (C=O) groups is 1. The molecule has 1 atom stereocenters. The number of nitrogens with one attached hydrogen (secondary N) is 1. The lowest BCUT2D eigenvalue weighted by molar-refractivity contribution is -0.131. The standard InChI is InChI=1S/C26H24FN5O2/c27-21-13-19(20-6-3-17-2-1-10-28-22(17)14-20)7-8-23(21)32-24(29-30-26(32)34)12-16-9-11-31(15-16)25(33)18-4-5-18/h1-3,6-8,10,13-14,16,18H,4-5,9,11-12,15H2,(H,30,34). The summed E-state index contributed by atoms with van der Waals surface area (Å²) in [4.78, 5) is 31.2. The van der Waals surface area contributed by atoms with E-state index in [1.807, 2.05) is 35.2 Å². The minimum Gasteiger partial charge on any atom is -0.342 e. The van der Waals surface area contributed by atoms with E-state index >= 15 is 4.39 Å². The number of nitrogens with zero attached hydrogens (tertiary/aromatic N) is 4. The predicted molar refractivity (Wildman–Crippen MR) is 126 cm³/mol. The van der Waals surface area contributed by atoms with Crippen molar-refractivity contribution < 1.29 is 9.18 Å². The van der Waals surface area contributed by atoms with Crippen LogP contribution in [0.5, 0.6) is 0 Å². The van der Waals surface area contributed by atoms with Gasteiger partial charge in [0.15, 0.2) is 0 Å². The molecule has 7 nitrogen and oxygen atoms in total. The van der Waals surface area contributed by atoms with Gasteiger partial charge in [-0.25, -0.2) is 18.9 Å². The molecule has 1 saturated heterocycles. The third-order valence-electron chi connectivity index (χ3n) is 6.86. The van der Waals surface area contributed by atoms with Crippen LogP contribution in [0.15, 0.2) is 59.5 Å². The van der Waals surface area contributed by atoms with E-state index in [9.17, 15) is 9.59 Å². The van der Waals surface area contributed by atoms with E-state index in [1.54, 1.807) is 18.3 Å². The van der Waals surface area contributed by atoms with Crippen molar-refractivity contribution >= 4 is 16.8 Å². The number of benzene rings is 2. The summed E-state index contributed by atoms with van der Waals surface area (Å²) in [6.07, 6.45) is 5.07. The first-order chi connectivity index (χ1) is 16.6. The Balaban J connectivity index is 1.26. The van der Waals surface area contributed by atoms with Crippen LogP contribution in [0, 0.1) is 17.7 Å². The highest BCUT2D eigenvalue weighted by Crippen LogP contribution is 2.33. The number of carbonyl (C=O) groups excluding carboxylic acids is 1. The molecule has 1 aliphatic heterocycles. The molecule has 0 spiro atoms. The Bertz CT molecular complexity index is 1460. The Labute approximate surface area is 195 Å². The Kier molecular flexibility index (Phi) is 5.01. The molecule has 1 amide bonds. The lowest BCUT2D eigenvalue weighted by Gasteiger charge is -2.16. The summed E-state index contributed by atoms with van der Waals surface area (Å²) in [5, 5.41) is 7.66. The normalized spacial score (nSPS) is 18.0. The number of pyridine rings is 1. The van der Waals surface area contributed by atoms with Gasteiger partial charge in [0, 0.05) is 37.0 Å². The second-order valence-electron chi connectivity index (χ2n) is 9.27. The highest BCUT2D eigenvalue weighted by atomic mass is 19.1. The van der Waals surface area contributed by atoms with Gasteiger partial charge in [-0.1, -0.05) is 24.3 Å². The van der Waals surface area contributed by atoms with Gasteiger partial charge in [0.05, 0.1) is 11.2 Å². The summed E-state index contributed by atoms with van der Waals surface area (Å²) in [5.74, 6) is 0.627. The van der Waals surface area contributed by atoms with Crippen molar-refractivity contribution in [3.05, 3.63) is 76.9 Å². The number of likely N-dealkylation sites (tertiary alicyclic amines) is 1. The summed E-state index contributed by atoms with van der Waals surface area (Å²) in [6.45, 7) is 1.39. The zero-order valence-corrected chi connectivity index (χ0v) is 18.6. The minimum atomic E-state index is -0.500. The molecule has 172 valence electrons. The topological polar surface area (TPSA) is 83.9 Å². The monoisotopic (exact) mass is 457 g/mol. The Morgan fingerprint density at radius 1 is 1.09 bits per heavy atom. The fourth-order valence-electron chi connectivity index (χ4n) is 4.87. The molecule has 2 aliphatic rings. The maximum atomic E-state index is 15.3. The van der Waals surface area contributed by atoms with E-state index in [4.69, 9.17) is 0 Å². The van der Waals surface area contributed by atoms with Crippen molar-refractivity contribution in [1.29, 1.82) is 0 Å². The van der Waals surface area contributed by atoms with Gasteiger partial charge in [0.25, 0.3) is 0 Å². The van der Waals surface area contributed by atoms with Crippen molar-refractivity contribution in [2.45, 2.75) is 25.7 Å². The highest BCUT2D eigenvalue weighted by Gasteiger charge is 2.37. The molecule has 3 heterocycles. The van der Waals surface area contributed by atoms with Crippen LogP contribution < -0.4 is 5.69 Å². The maximum Gasteiger partial charge on any atom is 0.348 e. The van der Waals surface area contributed by atoms with Crippen molar-refractivity contribution in [1.82, 2.24) is 24.6 Å². The Hall–Kier alpha value is -3.81. The Morgan fingerprint density at radius 3 is 2.74 bits per heavy atom. The quantitative estimate of drug-likeness (QED) is 0.495. The molecular weight excluding hydrogens is 433 g/mol. The molecule has 1 N–H and O–H groups in total. The van der Waals surface area contributed by atoms with E-state index in [0.29, 0.717) is 24.4 Å². The van der Waals surface area contributed by atoms with Gasteiger partial charge < -0.3 is 4.90 Å². The number of halogens is 1. The van der Waals surface area contributed by atoms with Crippen LogP contribution in [-0.4, -0.2) is 43.6 Å². The molecule has 0 bridgehead atoms. The van der Waals surface area contributed by atoms with E-state index in [1.165, 1.54) is 10.6 Å². The van der Waals surface area contributed by atoms with Crippen molar-refractivity contribution in [3.63, 3.8) is 0 Å². The van der Waals surface area contributed by atoms with Crippen LogP contribution in [0.25, 0.3) is 27.7 Å². The first kappa shape index (κ1) is 20.8. The molecule has 8 heteroatoms. The van der Waals surface area contributed by atoms with Crippen LogP contribution in [0.2, 0.25) is 0 Å². The lowest BCUT2D eigenvalue weighted by Crippen LogP contribution is -2.30. The SMILES string of the molecule is O=C(C1CC1)N1CCC(Cc2n[nH]c(=O)n2-c2ccc(-c3ccc4cccnc4c3)cc2F)C1. The zero-order valence-electron chi connectivity index (χ0n) is 18.6.